The monoisotopic (exact) mass is 279 g/mol. The number of rotatable bonds is 6. The standard InChI is InChI=1S/C20H25N/c1-16(2)20(3,4)19(18-13-9-6-10-14-18)21-15-17-11-7-5-8-12-17/h5-14,19,21H,1,15H2,2-4H3. The minimum absolute atomic E-state index is 0.00384. The van der Waals surface area contributed by atoms with Gasteiger partial charge in [0.2, 0.25) is 0 Å². The zero-order chi connectivity index (χ0) is 15.3. The molecular weight excluding hydrogens is 254 g/mol. The van der Waals surface area contributed by atoms with Gasteiger partial charge in [-0.15, -0.1) is 0 Å². The maximum Gasteiger partial charge on any atom is 0.0411 e. The summed E-state index contributed by atoms with van der Waals surface area (Å²) in [6.07, 6.45) is 0. The first-order chi connectivity index (χ1) is 10.0. The third-order valence-corrected chi connectivity index (χ3v) is 4.31. The average Bonchev–Trinajstić information content (AvgIpc) is 2.49. The molecule has 0 aromatic heterocycles. The molecule has 0 aliphatic rings. The van der Waals surface area contributed by atoms with E-state index in [0.717, 1.165) is 6.54 Å². The minimum Gasteiger partial charge on any atom is -0.305 e. The molecule has 0 saturated carbocycles. The third kappa shape index (κ3) is 3.83. The van der Waals surface area contributed by atoms with Gasteiger partial charge in [0.15, 0.2) is 0 Å². The molecule has 1 atom stereocenters. The summed E-state index contributed by atoms with van der Waals surface area (Å²) in [5.41, 5.74) is 3.80. The molecule has 110 valence electrons. The van der Waals surface area contributed by atoms with Crippen molar-refractivity contribution in [3.05, 3.63) is 83.9 Å². The Bertz CT molecular complexity index is 569. The molecule has 1 heteroatoms. The van der Waals surface area contributed by atoms with Crippen LogP contribution in [0.1, 0.15) is 37.9 Å². The fourth-order valence-electron chi connectivity index (χ4n) is 2.50. The lowest BCUT2D eigenvalue weighted by Crippen LogP contribution is -2.34. The highest BCUT2D eigenvalue weighted by Crippen LogP contribution is 2.39. The summed E-state index contributed by atoms with van der Waals surface area (Å²) >= 11 is 0. The van der Waals surface area contributed by atoms with Crippen LogP contribution in [0.2, 0.25) is 0 Å². The summed E-state index contributed by atoms with van der Waals surface area (Å²) in [5, 5.41) is 3.71. The molecule has 2 rings (SSSR count). The van der Waals surface area contributed by atoms with E-state index in [0.29, 0.717) is 0 Å². The van der Waals surface area contributed by atoms with Gasteiger partial charge < -0.3 is 5.32 Å². The van der Waals surface area contributed by atoms with Crippen molar-refractivity contribution in [1.29, 1.82) is 0 Å². The topological polar surface area (TPSA) is 12.0 Å². The van der Waals surface area contributed by atoms with Crippen molar-refractivity contribution in [2.24, 2.45) is 5.41 Å². The Kier molecular flexibility index (Phi) is 4.98. The Balaban J connectivity index is 2.23. The smallest absolute Gasteiger partial charge is 0.0411 e. The molecule has 0 heterocycles. The molecule has 0 amide bonds. The van der Waals surface area contributed by atoms with E-state index in [1.807, 2.05) is 0 Å². The highest BCUT2D eigenvalue weighted by atomic mass is 14.9. The zero-order valence-corrected chi connectivity index (χ0v) is 13.3. The van der Waals surface area contributed by atoms with Gasteiger partial charge in [-0.3, -0.25) is 0 Å². The van der Waals surface area contributed by atoms with Crippen LogP contribution in [0.4, 0.5) is 0 Å². The zero-order valence-electron chi connectivity index (χ0n) is 13.3. The summed E-state index contributed by atoms with van der Waals surface area (Å²) < 4.78 is 0. The highest BCUT2D eigenvalue weighted by Gasteiger charge is 2.31. The lowest BCUT2D eigenvalue weighted by atomic mass is 9.75. The van der Waals surface area contributed by atoms with Crippen LogP contribution in [-0.2, 0) is 6.54 Å². The van der Waals surface area contributed by atoms with E-state index in [2.05, 4.69) is 93.3 Å². The molecule has 1 unspecified atom stereocenters. The van der Waals surface area contributed by atoms with Gasteiger partial charge in [-0.05, 0) is 18.1 Å². The van der Waals surface area contributed by atoms with Crippen LogP contribution < -0.4 is 5.32 Å². The van der Waals surface area contributed by atoms with E-state index in [4.69, 9.17) is 0 Å². The van der Waals surface area contributed by atoms with E-state index >= 15 is 0 Å². The second-order valence-electron chi connectivity index (χ2n) is 6.21. The first-order valence-corrected chi connectivity index (χ1v) is 7.50. The Hall–Kier alpha value is -1.86. The van der Waals surface area contributed by atoms with Crippen LogP contribution in [0.15, 0.2) is 72.8 Å². The van der Waals surface area contributed by atoms with Gasteiger partial charge in [0.25, 0.3) is 0 Å². The number of nitrogens with one attached hydrogen (secondary N) is 1. The maximum absolute atomic E-state index is 4.19. The molecular formula is C20H25N. The van der Waals surface area contributed by atoms with Crippen LogP contribution in [0.25, 0.3) is 0 Å². The molecule has 0 spiro atoms. The van der Waals surface area contributed by atoms with Gasteiger partial charge in [-0.2, -0.15) is 0 Å². The van der Waals surface area contributed by atoms with Crippen LogP contribution in [0.3, 0.4) is 0 Å². The molecule has 2 aromatic carbocycles. The second kappa shape index (κ2) is 6.73. The quantitative estimate of drug-likeness (QED) is 0.724. The van der Waals surface area contributed by atoms with E-state index < -0.39 is 0 Å². The Morgan fingerprint density at radius 1 is 1.00 bits per heavy atom. The number of hydrogen-bond acceptors (Lipinski definition) is 1. The van der Waals surface area contributed by atoms with Crippen molar-refractivity contribution in [2.45, 2.75) is 33.4 Å². The molecule has 0 saturated heterocycles. The van der Waals surface area contributed by atoms with E-state index in [9.17, 15) is 0 Å². The van der Waals surface area contributed by atoms with Gasteiger partial charge in [0.1, 0.15) is 0 Å². The summed E-state index contributed by atoms with van der Waals surface area (Å²) in [4.78, 5) is 0. The summed E-state index contributed by atoms with van der Waals surface area (Å²) in [7, 11) is 0. The van der Waals surface area contributed by atoms with Gasteiger partial charge in [-0.1, -0.05) is 86.7 Å². The van der Waals surface area contributed by atoms with Crippen molar-refractivity contribution >= 4 is 0 Å². The van der Waals surface area contributed by atoms with Gasteiger partial charge >= 0.3 is 0 Å². The van der Waals surface area contributed by atoms with Gasteiger partial charge in [-0.25, -0.2) is 0 Å². The van der Waals surface area contributed by atoms with Crippen molar-refractivity contribution in [3.63, 3.8) is 0 Å². The van der Waals surface area contributed by atoms with Crippen molar-refractivity contribution in [1.82, 2.24) is 5.32 Å². The third-order valence-electron chi connectivity index (χ3n) is 4.31. The lowest BCUT2D eigenvalue weighted by Gasteiger charge is -2.36. The van der Waals surface area contributed by atoms with Crippen LogP contribution >= 0.6 is 0 Å². The molecule has 21 heavy (non-hydrogen) atoms. The lowest BCUT2D eigenvalue weighted by molar-refractivity contribution is 0.295. The molecule has 0 aliphatic heterocycles. The molecule has 2 aromatic rings. The maximum atomic E-state index is 4.19. The molecule has 1 nitrogen and oxygen atoms in total. The van der Waals surface area contributed by atoms with E-state index in [-0.39, 0.29) is 11.5 Å². The fourth-order valence-corrected chi connectivity index (χ4v) is 2.50. The first kappa shape index (κ1) is 15.5. The Morgan fingerprint density at radius 2 is 1.52 bits per heavy atom. The first-order valence-electron chi connectivity index (χ1n) is 7.50. The second-order valence-corrected chi connectivity index (χ2v) is 6.21. The summed E-state index contributed by atoms with van der Waals surface area (Å²) in [5.74, 6) is 0. The normalized spacial score (nSPS) is 12.9. The van der Waals surface area contributed by atoms with E-state index in [1.165, 1.54) is 16.7 Å². The predicted octanol–water partition coefficient (Wildman–Crippen LogP) is 5.12. The summed E-state index contributed by atoms with van der Waals surface area (Å²) in [6.45, 7) is 11.7. The van der Waals surface area contributed by atoms with Crippen molar-refractivity contribution in [2.75, 3.05) is 0 Å². The number of hydrogen-bond donors (Lipinski definition) is 1. The molecule has 0 radical (unpaired) electrons. The summed E-state index contributed by atoms with van der Waals surface area (Å²) in [6, 6.07) is 21.4. The van der Waals surface area contributed by atoms with Crippen LogP contribution in [0.5, 0.6) is 0 Å². The van der Waals surface area contributed by atoms with Crippen LogP contribution in [-0.4, -0.2) is 0 Å². The van der Waals surface area contributed by atoms with Crippen molar-refractivity contribution < 1.29 is 0 Å². The molecule has 0 aliphatic carbocycles. The van der Waals surface area contributed by atoms with E-state index in [1.54, 1.807) is 0 Å². The van der Waals surface area contributed by atoms with Crippen LogP contribution in [0, 0.1) is 5.41 Å². The molecule has 1 N–H and O–H groups in total. The van der Waals surface area contributed by atoms with Crippen molar-refractivity contribution in [3.8, 4) is 0 Å². The predicted molar refractivity (Wildman–Crippen MR) is 91.1 cm³/mol. The number of benzene rings is 2. The SMILES string of the molecule is C=C(C)C(C)(C)C(NCc1ccccc1)c1ccccc1. The molecule has 0 fully saturated rings. The van der Waals surface area contributed by atoms with Gasteiger partial charge in [0, 0.05) is 18.0 Å². The fraction of sp³-hybridized carbons (Fsp3) is 0.300. The minimum atomic E-state index is -0.00384. The van der Waals surface area contributed by atoms with Gasteiger partial charge in [0.05, 0.1) is 0 Å². The average molecular weight is 279 g/mol. The highest BCUT2D eigenvalue weighted by molar-refractivity contribution is 5.25. The Morgan fingerprint density at radius 3 is 2.05 bits per heavy atom. The largest absolute Gasteiger partial charge is 0.305 e. The Labute approximate surface area is 128 Å². The molecule has 0 bridgehead atoms.